The third kappa shape index (κ3) is 13.3. The second-order valence-electron chi connectivity index (χ2n) is 18.7. The molecule has 7 rings (SSSR count). The number of nitriles is 3. The standard InChI is InChI=1S/C50H65FN11O12P/c1-2-3-4-5-6-7-8-9-10-11-12-13-14-19-68-25-36(69-24-34-20-33(23-52)21-35(51)22-34)26-70-75(67,71-27-39-43(63)45(65)49(29-53,73-39)41-17-15-37-47(55)57-31-59-61(37)41)72-28-40-44(64)46(66)50(30-54,74-40)42-18-16-38-48(56)58-32-60-62(38)42/h15-18,20-22,31-32,36,39-40,43-46,63-66H,2-14,19,24-28H2,1H3,(H2,55,57,59)(H2,56,58,60)/t36-,39-,40-,43-,44-,45-,46-,49+,50+/m1/s1. The molecule has 0 unspecified atom stereocenters. The summed E-state index contributed by atoms with van der Waals surface area (Å²) in [5.74, 6) is -0.558. The second kappa shape index (κ2) is 26.3. The molecule has 75 heavy (non-hydrogen) atoms. The molecule has 404 valence electrons. The third-order valence-electron chi connectivity index (χ3n) is 13.5. The lowest BCUT2D eigenvalue weighted by molar-refractivity contribution is -0.0802. The molecule has 2 fully saturated rings. The maximum absolute atomic E-state index is 14.9. The van der Waals surface area contributed by atoms with Gasteiger partial charge in [-0.2, -0.15) is 26.0 Å². The Hall–Kier alpha value is -5.75. The van der Waals surface area contributed by atoms with E-state index in [9.17, 15) is 45.2 Å². The topological polar surface area (TPSA) is 346 Å². The van der Waals surface area contributed by atoms with Gasteiger partial charge < -0.3 is 50.8 Å². The average molecular weight is 1060 g/mol. The predicted molar refractivity (Wildman–Crippen MR) is 265 cm³/mol. The number of hydrogen-bond donors (Lipinski definition) is 6. The molecule has 25 heteroatoms. The van der Waals surface area contributed by atoms with Gasteiger partial charge in [-0.25, -0.2) is 28.0 Å². The van der Waals surface area contributed by atoms with E-state index in [1.54, 1.807) is 0 Å². The number of anilines is 2. The third-order valence-corrected chi connectivity index (χ3v) is 14.8. The molecule has 2 saturated heterocycles. The van der Waals surface area contributed by atoms with Gasteiger partial charge in [0.25, 0.3) is 0 Å². The number of ether oxygens (including phenoxy) is 4. The number of phosphoric ester groups is 1. The lowest BCUT2D eigenvalue weighted by atomic mass is 9.92. The fourth-order valence-corrected chi connectivity index (χ4v) is 10.5. The number of rotatable bonds is 30. The highest BCUT2D eigenvalue weighted by Crippen LogP contribution is 2.52. The minimum absolute atomic E-state index is 0.0189. The molecule has 0 bridgehead atoms. The van der Waals surface area contributed by atoms with E-state index in [1.807, 2.05) is 18.2 Å². The molecule has 0 aliphatic carbocycles. The average Bonchev–Trinajstić information content (AvgIpc) is 4.17. The first-order valence-electron chi connectivity index (χ1n) is 25.2. The van der Waals surface area contributed by atoms with Gasteiger partial charge >= 0.3 is 7.82 Å². The summed E-state index contributed by atoms with van der Waals surface area (Å²) >= 11 is 0. The number of phosphoric acid groups is 1. The van der Waals surface area contributed by atoms with Crippen LogP contribution in [-0.4, -0.2) is 125 Å². The molecule has 5 aromatic rings. The van der Waals surface area contributed by atoms with Gasteiger partial charge in [0.2, 0.25) is 11.2 Å². The van der Waals surface area contributed by atoms with E-state index < -0.39 is 87.4 Å². The molecule has 9 atom stereocenters. The van der Waals surface area contributed by atoms with E-state index in [2.05, 4.69) is 27.1 Å². The summed E-state index contributed by atoms with van der Waals surface area (Å²) in [6.07, 6.45) is 5.67. The van der Waals surface area contributed by atoms with Crippen LogP contribution in [0.1, 0.15) is 113 Å². The molecule has 2 aliphatic rings. The largest absolute Gasteiger partial charge is 0.475 e. The van der Waals surface area contributed by atoms with Crippen LogP contribution in [-0.2, 0) is 54.9 Å². The molecule has 0 amide bonds. The lowest BCUT2D eigenvalue weighted by Crippen LogP contribution is -2.41. The number of unbranched alkanes of at least 4 members (excludes halogenated alkanes) is 12. The molecular formula is C50H65FN11O12P. The number of nitrogens with two attached hydrogens (primary N) is 2. The van der Waals surface area contributed by atoms with Crippen molar-refractivity contribution in [3.05, 3.63) is 83.5 Å². The molecule has 6 heterocycles. The molecular weight excluding hydrogens is 997 g/mol. The number of aliphatic hydroxyl groups excluding tert-OH is 4. The van der Waals surface area contributed by atoms with Crippen molar-refractivity contribution in [2.45, 2.75) is 151 Å². The summed E-state index contributed by atoms with van der Waals surface area (Å²) in [4.78, 5) is 7.88. The van der Waals surface area contributed by atoms with Gasteiger partial charge in [-0.15, -0.1) is 0 Å². The van der Waals surface area contributed by atoms with Crippen LogP contribution in [0.4, 0.5) is 16.0 Å². The van der Waals surface area contributed by atoms with Crippen molar-refractivity contribution >= 4 is 30.5 Å². The van der Waals surface area contributed by atoms with Crippen molar-refractivity contribution in [1.29, 1.82) is 15.8 Å². The highest BCUT2D eigenvalue weighted by Gasteiger charge is 2.59. The van der Waals surface area contributed by atoms with Crippen LogP contribution in [0.2, 0.25) is 0 Å². The number of hydrogen-bond acceptors (Lipinski definition) is 21. The van der Waals surface area contributed by atoms with Crippen molar-refractivity contribution in [3.8, 4) is 18.2 Å². The first-order valence-corrected chi connectivity index (χ1v) is 26.7. The van der Waals surface area contributed by atoms with E-state index >= 15 is 0 Å². The highest BCUT2D eigenvalue weighted by molar-refractivity contribution is 7.48. The minimum atomic E-state index is -5.01. The summed E-state index contributed by atoms with van der Waals surface area (Å²) in [7, 11) is -5.01. The number of fused-ring (bicyclic) bond motifs is 2. The first-order chi connectivity index (χ1) is 36.2. The molecule has 0 spiro atoms. The number of nitrogen functional groups attached to an aromatic ring is 2. The zero-order chi connectivity index (χ0) is 53.6. The van der Waals surface area contributed by atoms with E-state index in [0.717, 1.165) is 44.4 Å². The Morgan fingerprint density at radius 3 is 1.69 bits per heavy atom. The van der Waals surface area contributed by atoms with Gasteiger partial charge in [0.1, 0.15) is 84.4 Å². The van der Waals surface area contributed by atoms with E-state index in [-0.39, 0.29) is 52.8 Å². The Morgan fingerprint density at radius 2 is 1.21 bits per heavy atom. The van der Waals surface area contributed by atoms with Crippen molar-refractivity contribution in [2.24, 2.45) is 0 Å². The van der Waals surface area contributed by atoms with Crippen LogP contribution in [0.15, 0.2) is 55.1 Å². The first kappa shape index (κ1) is 57.0. The molecule has 0 saturated carbocycles. The Bertz CT molecular complexity index is 2730. The molecule has 0 radical (unpaired) electrons. The van der Waals surface area contributed by atoms with E-state index in [4.69, 9.17) is 44.0 Å². The fraction of sp³-hybridized carbons (Fsp3) is 0.580. The Morgan fingerprint density at radius 1 is 0.720 bits per heavy atom. The van der Waals surface area contributed by atoms with Crippen LogP contribution in [0.25, 0.3) is 11.0 Å². The maximum Gasteiger partial charge on any atom is 0.475 e. The van der Waals surface area contributed by atoms with Crippen molar-refractivity contribution < 1.29 is 61.9 Å². The van der Waals surface area contributed by atoms with Gasteiger partial charge in [0, 0.05) is 6.61 Å². The number of aliphatic hydroxyl groups is 4. The minimum Gasteiger partial charge on any atom is -0.387 e. The Kier molecular flexibility index (Phi) is 20.0. The predicted octanol–water partition coefficient (Wildman–Crippen LogP) is 5.18. The van der Waals surface area contributed by atoms with Gasteiger partial charge in [-0.1, -0.05) is 84.0 Å². The van der Waals surface area contributed by atoms with Crippen molar-refractivity contribution in [2.75, 3.05) is 44.5 Å². The van der Waals surface area contributed by atoms with E-state index in [1.165, 1.54) is 103 Å². The smallest absolute Gasteiger partial charge is 0.387 e. The SMILES string of the molecule is CCCCCCCCCCCCCCCOC[C@H](COP(=O)(OC[C@H]1O[C@@](C#N)(c2ccc3c(N)ncnn23)[C@H](O)[C@@H]1O)OC[C@H]1O[C@@](C#N)(c2ccc3c(N)ncnn23)[C@H](O)[C@@H]1O)OCc1cc(F)cc(C#N)c1. The number of halogens is 1. The van der Waals surface area contributed by atoms with Crippen molar-refractivity contribution in [3.63, 3.8) is 0 Å². The van der Waals surface area contributed by atoms with Gasteiger partial charge in [0.15, 0.2) is 11.6 Å². The normalized spacial score (nSPS) is 24.1. The molecule has 1 aromatic carbocycles. The van der Waals surface area contributed by atoms with Gasteiger partial charge in [-0.3, -0.25) is 13.6 Å². The fourth-order valence-electron chi connectivity index (χ4n) is 9.31. The molecule has 23 nitrogen and oxygen atoms in total. The number of aromatic nitrogens is 6. The number of benzene rings is 1. The van der Waals surface area contributed by atoms with Gasteiger partial charge in [0.05, 0.1) is 56.1 Å². The summed E-state index contributed by atoms with van der Waals surface area (Å²) in [6.45, 7) is -0.0881. The zero-order valence-electron chi connectivity index (χ0n) is 41.7. The quantitative estimate of drug-likeness (QED) is 0.0255. The van der Waals surface area contributed by atoms with Crippen LogP contribution in [0.3, 0.4) is 0 Å². The Labute approximate surface area is 433 Å². The highest BCUT2D eigenvalue weighted by atomic mass is 31.2. The van der Waals surface area contributed by atoms with Crippen LogP contribution >= 0.6 is 7.82 Å². The number of nitrogens with zero attached hydrogens (tertiary/aromatic N) is 9. The van der Waals surface area contributed by atoms with Crippen molar-refractivity contribution in [1.82, 2.24) is 29.2 Å². The zero-order valence-corrected chi connectivity index (χ0v) is 42.6. The Balaban J connectivity index is 1.05. The molecule has 2 aliphatic heterocycles. The van der Waals surface area contributed by atoms with Crippen LogP contribution in [0, 0.1) is 39.8 Å². The van der Waals surface area contributed by atoms with Crippen LogP contribution in [0.5, 0.6) is 0 Å². The summed E-state index contributed by atoms with van der Waals surface area (Å²) in [6, 6.07) is 15.2. The summed E-state index contributed by atoms with van der Waals surface area (Å²) in [5, 5.41) is 84.2. The van der Waals surface area contributed by atoms with Crippen LogP contribution < -0.4 is 11.5 Å². The lowest BCUT2D eigenvalue weighted by Gasteiger charge is -2.26. The monoisotopic (exact) mass is 1060 g/mol. The van der Waals surface area contributed by atoms with E-state index in [0.29, 0.717) is 12.2 Å². The summed E-state index contributed by atoms with van der Waals surface area (Å²) in [5.41, 5.74) is 8.35. The maximum atomic E-state index is 14.9. The summed E-state index contributed by atoms with van der Waals surface area (Å²) < 4.78 is 73.5. The molecule has 8 N–H and O–H groups in total. The van der Waals surface area contributed by atoms with Gasteiger partial charge in [-0.05, 0) is 54.4 Å². The molecule has 4 aromatic heterocycles. The second-order valence-corrected chi connectivity index (χ2v) is 20.4.